The highest BCUT2D eigenvalue weighted by molar-refractivity contribution is 7.20. The summed E-state index contributed by atoms with van der Waals surface area (Å²) >= 11 is 1.30. The van der Waals surface area contributed by atoms with Gasteiger partial charge < -0.3 is 11.1 Å². The van der Waals surface area contributed by atoms with Crippen molar-refractivity contribution in [2.75, 3.05) is 6.54 Å². The third kappa shape index (κ3) is 2.48. The van der Waals surface area contributed by atoms with Crippen LogP contribution in [0.4, 0.5) is 4.39 Å². The lowest BCUT2D eigenvalue weighted by Crippen LogP contribution is -2.54. The maximum atomic E-state index is 13.1. The molecule has 0 spiro atoms. The molecule has 1 aliphatic carbocycles. The average Bonchev–Trinajstić information content (AvgIpc) is 2.76. The molecule has 3 nitrogen and oxygen atoms in total. The Kier molecular flexibility index (Phi) is 3.03. The highest BCUT2D eigenvalue weighted by Gasteiger charge is 2.32. The van der Waals surface area contributed by atoms with E-state index in [2.05, 4.69) is 5.32 Å². The standard InChI is InChI=1S/C14H15FN2OS/c15-10-3-2-9-6-12(19-11(9)7-10)13(18)17-8-14(16)4-1-5-14/h2-3,6-7H,1,4-5,8,16H2,(H,17,18). The van der Waals surface area contributed by atoms with Gasteiger partial charge in [0.15, 0.2) is 0 Å². The second-order valence-corrected chi connectivity index (χ2v) is 6.28. The number of hydrogen-bond donors (Lipinski definition) is 2. The molecule has 100 valence electrons. The zero-order valence-corrected chi connectivity index (χ0v) is 11.2. The van der Waals surface area contributed by atoms with Gasteiger partial charge in [0, 0.05) is 16.8 Å². The molecule has 0 unspecified atom stereocenters. The smallest absolute Gasteiger partial charge is 0.261 e. The van der Waals surface area contributed by atoms with E-state index in [4.69, 9.17) is 5.73 Å². The van der Waals surface area contributed by atoms with Crippen molar-refractivity contribution >= 4 is 27.3 Å². The minimum atomic E-state index is -0.281. The second kappa shape index (κ2) is 4.58. The van der Waals surface area contributed by atoms with Crippen LogP contribution in [0, 0.1) is 5.82 Å². The van der Waals surface area contributed by atoms with Crippen LogP contribution >= 0.6 is 11.3 Å². The van der Waals surface area contributed by atoms with Crippen molar-refractivity contribution in [3.63, 3.8) is 0 Å². The fourth-order valence-electron chi connectivity index (χ4n) is 2.27. The van der Waals surface area contributed by atoms with Crippen molar-refractivity contribution in [3.05, 3.63) is 35.0 Å². The molecule has 1 heterocycles. The molecule has 0 atom stereocenters. The van der Waals surface area contributed by atoms with Crippen molar-refractivity contribution in [2.24, 2.45) is 5.73 Å². The summed E-state index contributed by atoms with van der Waals surface area (Å²) in [5.41, 5.74) is 5.84. The summed E-state index contributed by atoms with van der Waals surface area (Å²) in [5, 5.41) is 3.76. The molecule has 1 aromatic carbocycles. The molecule has 1 fully saturated rings. The van der Waals surface area contributed by atoms with Crippen LogP contribution in [-0.4, -0.2) is 18.0 Å². The molecule has 1 saturated carbocycles. The summed E-state index contributed by atoms with van der Waals surface area (Å²) in [4.78, 5) is 12.6. The third-order valence-corrected chi connectivity index (χ3v) is 4.75. The SMILES string of the molecule is NC1(CNC(=O)c2cc3ccc(F)cc3s2)CCC1. The highest BCUT2D eigenvalue weighted by atomic mass is 32.1. The van der Waals surface area contributed by atoms with Gasteiger partial charge in [-0.3, -0.25) is 4.79 Å². The van der Waals surface area contributed by atoms with Crippen molar-refractivity contribution in [1.29, 1.82) is 0 Å². The number of benzene rings is 1. The lowest BCUT2D eigenvalue weighted by Gasteiger charge is -2.38. The molecule has 3 N–H and O–H groups in total. The van der Waals surface area contributed by atoms with Gasteiger partial charge >= 0.3 is 0 Å². The maximum Gasteiger partial charge on any atom is 0.261 e. The molecule has 0 aliphatic heterocycles. The van der Waals surface area contributed by atoms with Gasteiger partial charge in [-0.25, -0.2) is 4.39 Å². The summed E-state index contributed by atoms with van der Waals surface area (Å²) in [6.07, 6.45) is 3.06. The molecule has 1 amide bonds. The lowest BCUT2D eigenvalue weighted by molar-refractivity contribution is 0.0934. The summed E-state index contributed by atoms with van der Waals surface area (Å²) in [7, 11) is 0. The molecule has 19 heavy (non-hydrogen) atoms. The van der Waals surface area contributed by atoms with Crippen molar-refractivity contribution in [2.45, 2.75) is 24.8 Å². The first kappa shape index (κ1) is 12.6. The highest BCUT2D eigenvalue weighted by Crippen LogP contribution is 2.29. The fourth-order valence-corrected chi connectivity index (χ4v) is 3.27. The van der Waals surface area contributed by atoms with Gasteiger partial charge in [0.05, 0.1) is 4.88 Å². The number of fused-ring (bicyclic) bond motifs is 1. The molecule has 2 aromatic rings. The van der Waals surface area contributed by atoms with Gasteiger partial charge in [0.2, 0.25) is 0 Å². The fraction of sp³-hybridized carbons (Fsp3) is 0.357. The van der Waals surface area contributed by atoms with E-state index >= 15 is 0 Å². The maximum absolute atomic E-state index is 13.1. The van der Waals surface area contributed by atoms with Crippen molar-refractivity contribution in [3.8, 4) is 0 Å². The van der Waals surface area contributed by atoms with Crippen LogP contribution < -0.4 is 11.1 Å². The van der Waals surface area contributed by atoms with Crippen LogP contribution in [0.15, 0.2) is 24.3 Å². The number of halogens is 1. The Morgan fingerprint density at radius 3 is 2.89 bits per heavy atom. The number of nitrogens with two attached hydrogens (primary N) is 1. The zero-order chi connectivity index (χ0) is 13.5. The number of nitrogens with one attached hydrogen (secondary N) is 1. The van der Waals surface area contributed by atoms with E-state index in [0.717, 1.165) is 29.3 Å². The van der Waals surface area contributed by atoms with Crippen LogP contribution in [-0.2, 0) is 0 Å². The van der Waals surface area contributed by atoms with Crippen LogP contribution in [0.25, 0.3) is 10.1 Å². The van der Waals surface area contributed by atoms with Gasteiger partial charge in [-0.05, 0) is 42.8 Å². The Morgan fingerprint density at radius 2 is 2.21 bits per heavy atom. The molecule has 1 aliphatic rings. The number of hydrogen-bond acceptors (Lipinski definition) is 3. The first-order valence-corrected chi connectivity index (χ1v) is 7.14. The summed E-state index contributed by atoms with van der Waals surface area (Å²) in [5.74, 6) is -0.407. The number of thiophene rings is 1. The molecular weight excluding hydrogens is 263 g/mol. The predicted octanol–water partition coefficient (Wildman–Crippen LogP) is 2.65. The van der Waals surface area contributed by atoms with Crippen LogP contribution in [0.1, 0.15) is 28.9 Å². The van der Waals surface area contributed by atoms with E-state index in [1.165, 1.54) is 23.5 Å². The van der Waals surface area contributed by atoms with E-state index in [0.29, 0.717) is 11.4 Å². The Bertz CT molecular complexity index is 633. The quantitative estimate of drug-likeness (QED) is 0.907. The van der Waals surface area contributed by atoms with Crippen molar-refractivity contribution in [1.82, 2.24) is 5.32 Å². The summed E-state index contributed by atoms with van der Waals surface area (Å²) in [6.45, 7) is 0.508. The van der Waals surface area contributed by atoms with Crippen molar-refractivity contribution < 1.29 is 9.18 Å². The second-order valence-electron chi connectivity index (χ2n) is 5.19. The molecule has 0 bridgehead atoms. The number of carbonyl (C=O) groups is 1. The number of carbonyl (C=O) groups excluding carboxylic acids is 1. The number of rotatable bonds is 3. The van der Waals surface area contributed by atoms with Crippen LogP contribution in [0.5, 0.6) is 0 Å². The Hall–Kier alpha value is -1.46. The van der Waals surface area contributed by atoms with Gasteiger partial charge in [0.1, 0.15) is 5.82 Å². The minimum absolute atomic E-state index is 0.127. The predicted molar refractivity (Wildman–Crippen MR) is 74.9 cm³/mol. The largest absolute Gasteiger partial charge is 0.349 e. The molecule has 0 saturated heterocycles. The van der Waals surface area contributed by atoms with Crippen LogP contribution in [0.2, 0.25) is 0 Å². The topological polar surface area (TPSA) is 55.1 Å². The molecule has 3 rings (SSSR count). The Balaban J connectivity index is 1.74. The minimum Gasteiger partial charge on any atom is -0.349 e. The summed E-state index contributed by atoms with van der Waals surface area (Å²) < 4.78 is 13.9. The zero-order valence-electron chi connectivity index (χ0n) is 10.4. The van der Waals surface area contributed by atoms with Crippen LogP contribution in [0.3, 0.4) is 0 Å². The Morgan fingerprint density at radius 1 is 1.42 bits per heavy atom. The Labute approximate surface area is 114 Å². The molecule has 0 radical (unpaired) electrons. The summed E-state index contributed by atoms with van der Waals surface area (Å²) in [6, 6.07) is 6.33. The van der Waals surface area contributed by atoms with E-state index in [1.54, 1.807) is 12.1 Å². The number of amides is 1. The van der Waals surface area contributed by atoms with Gasteiger partial charge in [0.25, 0.3) is 5.91 Å². The first-order valence-electron chi connectivity index (χ1n) is 6.32. The molecule has 5 heteroatoms. The molecular formula is C14H15FN2OS. The average molecular weight is 278 g/mol. The van der Waals surface area contributed by atoms with E-state index in [-0.39, 0.29) is 17.3 Å². The van der Waals surface area contributed by atoms with Gasteiger partial charge in [-0.2, -0.15) is 0 Å². The first-order chi connectivity index (χ1) is 9.06. The third-order valence-electron chi connectivity index (χ3n) is 3.66. The van der Waals surface area contributed by atoms with E-state index in [9.17, 15) is 9.18 Å². The van der Waals surface area contributed by atoms with E-state index < -0.39 is 0 Å². The van der Waals surface area contributed by atoms with Gasteiger partial charge in [-0.15, -0.1) is 11.3 Å². The van der Waals surface area contributed by atoms with Gasteiger partial charge in [-0.1, -0.05) is 6.07 Å². The molecule has 1 aromatic heterocycles. The monoisotopic (exact) mass is 278 g/mol. The van der Waals surface area contributed by atoms with E-state index in [1.807, 2.05) is 0 Å². The normalized spacial score (nSPS) is 17.2. The lowest BCUT2D eigenvalue weighted by atomic mass is 9.78.